The van der Waals surface area contributed by atoms with Crippen molar-refractivity contribution in [3.63, 3.8) is 0 Å². The molecule has 2 N–H and O–H groups in total. The highest BCUT2D eigenvalue weighted by Gasteiger charge is 2.03. The Balaban J connectivity index is 2.14. The molecule has 0 bridgehead atoms. The van der Waals surface area contributed by atoms with Gasteiger partial charge in [0.05, 0.1) is 6.42 Å². The van der Waals surface area contributed by atoms with Crippen LogP contribution >= 0.6 is 0 Å². The van der Waals surface area contributed by atoms with Gasteiger partial charge in [-0.05, 0) is 36.5 Å². The molecule has 0 saturated carbocycles. The molecule has 1 aromatic heterocycles. The minimum absolute atomic E-state index is 0.0350. The van der Waals surface area contributed by atoms with Crippen molar-refractivity contribution in [2.75, 3.05) is 13.2 Å². The molecule has 94 valence electrons. The molecule has 0 radical (unpaired) electrons. The van der Waals surface area contributed by atoms with Crippen LogP contribution in [0.25, 0.3) is 0 Å². The van der Waals surface area contributed by atoms with Crippen LogP contribution in [0.2, 0.25) is 0 Å². The van der Waals surface area contributed by atoms with E-state index in [0.29, 0.717) is 18.9 Å². The molecule has 1 atom stereocenters. The Labute approximate surface area is 102 Å². The molecule has 0 aromatic carbocycles. The van der Waals surface area contributed by atoms with Crippen molar-refractivity contribution in [3.8, 4) is 0 Å². The fraction of sp³-hybridized carbons (Fsp3) is 0.538. The lowest BCUT2D eigenvalue weighted by Crippen LogP contribution is -2.26. The first-order valence-corrected chi connectivity index (χ1v) is 5.99. The molecule has 1 heterocycles. The van der Waals surface area contributed by atoms with Crippen molar-refractivity contribution in [3.05, 3.63) is 30.1 Å². The summed E-state index contributed by atoms with van der Waals surface area (Å²) in [5, 5.41) is 11.7. The lowest BCUT2D eigenvalue weighted by atomic mass is 10.1. The molecule has 17 heavy (non-hydrogen) atoms. The Morgan fingerprint density at radius 2 is 2.18 bits per heavy atom. The van der Waals surface area contributed by atoms with Gasteiger partial charge in [-0.25, -0.2) is 0 Å². The van der Waals surface area contributed by atoms with E-state index >= 15 is 0 Å². The average Bonchev–Trinajstić information content (AvgIpc) is 2.35. The smallest absolute Gasteiger partial charge is 0.224 e. The van der Waals surface area contributed by atoms with Crippen molar-refractivity contribution in [1.82, 2.24) is 10.3 Å². The molecule has 1 amide bonds. The summed E-state index contributed by atoms with van der Waals surface area (Å²) in [7, 11) is 0. The van der Waals surface area contributed by atoms with Gasteiger partial charge in [0.1, 0.15) is 0 Å². The van der Waals surface area contributed by atoms with Gasteiger partial charge in [0.25, 0.3) is 0 Å². The normalized spacial score (nSPS) is 12.1. The third-order valence-electron chi connectivity index (χ3n) is 2.62. The summed E-state index contributed by atoms with van der Waals surface area (Å²) in [6.07, 6.45) is 5.62. The maximum absolute atomic E-state index is 11.5. The summed E-state index contributed by atoms with van der Waals surface area (Å²) < 4.78 is 0. The molecule has 0 saturated heterocycles. The lowest BCUT2D eigenvalue weighted by Gasteiger charge is -2.08. The molecule has 0 aliphatic rings. The van der Waals surface area contributed by atoms with Crippen LogP contribution in [0.1, 0.15) is 25.3 Å². The summed E-state index contributed by atoms with van der Waals surface area (Å²) >= 11 is 0. The van der Waals surface area contributed by atoms with E-state index < -0.39 is 0 Å². The fourth-order valence-corrected chi connectivity index (χ4v) is 1.52. The molecular weight excluding hydrogens is 216 g/mol. The first kappa shape index (κ1) is 13.6. The van der Waals surface area contributed by atoms with E-state index in [0.717, 1.165) is 18.4 Å². The van der Waals surface area contributed by atoms with Crippen LogP contribution in [0.15, 0.2) is 24.5 Å². The monoisotopic (exact) mass is 236 g/mol. The summed E-state index contributed by atoms with van der Waals surface area (Å²) in [5.74, 6) is 0.347. The second kappa shape index (κ2) is 7.79. The van der Waals surface area contributed by atoms with Crippen LogP contribution in [0.3, 0.4) is 0 Å². The molecule has 1 rings (SSSR count). The van der Waals surface area contributed by atoms with Gasteiger partial charge in [-0.15, -0.1) is 0 Å². The molecule has 1 unspecified atom stereocenters. The van der Waals surface area contributed by atoms with E-state index in [1.807, 2.05) is 19.1 Å². The Morgan fingerprint density at radius 3 is 2.82 bits per heavy atom. The summed E-state index contributed by atoms with van der Waals surface area (Å²) in [6.45, 7) is 2.89. The summed E-state index contributed by atoms with van der Waals surface area (Å²) in [6, 6.07) is 3.68. The fourth-order valence-electron chi connectivity index (χ4n) is 1.52. The van der Waals surface area contributed by atoms with Gasteiger partial charge in [-0.1, -0.05) is 6.92 Å². The highest BCUT2D eigenvalue weighted by molar-refractivity contribution is 5.78. The van der Waals surface area contributed by atoms with Crippen LogP contribution in [-0.2, 0) is 11.2 Å². The first-order valence-electron chi connectivity index (χ1n) is 5.99. The van der Waals surface area contributed by atoms with Crippen LogP contribution in [0.5, 0.6) is 0 Å². The lowest BCUT2D eigenvalue weighted by molar-refractivity contribution is -0.120. The van der Waals surface area contributed by atoms with Crippen LogP contribution in [-0.4, -0.2) is 29.1 Å². The Kier molecular flexibility index (Phi) is 6.25. The zero-order valence-corrected chi connectivity index (χ0v) is 10.2. The van der Waals surface area contributed by atoms with E-state index in [2.05, 4.69) is 10.3 Å². The van der Waals surface area contributed by atoms with Crippen LogP contribution in [0.4, 0.5) is 0 Å². The van der Waals surface area contributed by atoms with E-state index in [1.165, 1.54) is 0 Å². The highest BCUT2D eigenvalue weighted by Crippen LogP contribution is 2.03. The van der Waals surface area contributed by atoms with Crippen molar-refractivity contribution < 1.29 is 9.90 Å². The number of nitrogens with zero attached hydrogens (tertiary/aromatic N) is 1. The Hall–Kier alpha value is -1.42. The minimum Gasteiger partial charge on any atom is -0.396 e. The van der Waals surface area contributed by atoms with Gasteiger partial charge in [0, 0.05) is 25.5 Å². The Morgan fingerprint density at radius 1 is 1.47 bits per heavy atom. The van der Waals surface area contributed by atoms with Crippen LogP contribution < -0.4 is 5.32 Å². The molecule has 4 nitrogen and oxygen atoms in total. The third kappa shape index (κ3) is 6.02. The maximum Gasteiger partial charge on any atom is 0.224 e. The summed E-state index contributed by atoms with van der Waals surface area (Å²) in [5.41, 5.74) is 0.973. The topological polar surface area (TPSA) is 62.2 Å². The predicted octanol–water partition coefficient (Wildman–Crippen LogP) is 1.15. The van der Waals surface area contributed by atoms with Gasteiger partial charge in [0.2, 0.25) is 5.91 Å². The molecule has 1 aromatic rings. The van der Waals surface area contributed by atoms with Crippen molar-refractivity contribution in [2.45, 2.75) is 26.2 Å². The number of rotatable bonds is 7. The average molecular weight is 236 g/mol. The highest BCUT2D eigenvalue weighted by atomic mass is 16.3. The van der Waals surface area contributed by atoms with Gasteiger partial charge in [-0.3, -0.25) is 9.78 Å². The standard InChI is InChI=1S/C13H20N2O2/c1-11(10-16)3-2-6-15-13(17)9-12-4-7-14-8-5-12/h4-5,7-8,11,16H,2-3,6,9-10H2,1H3,(H,15,17). The number of aromatic nitrogens is 1. The van der Waals surface area contributed by atoms with Crippen molar-refractivity contribution in [2.24, 2.45) is 5.92 Å². The molecule has 0 aliphatic heterocycles. The molecule has 4 heteroatoms. The van der Waals surface area contributed by atoms with Crippen LogP contribution in [0, 0.1) is 5.92 Å². The van der Waals surface area contributed by atoms with E-state index in [1.54, 1.807) is 12.4 Å². The number of nitrogens with one attached hydrogen (secondary N) is 1. The van der Waals surface area contributed by atoms with E-state index in [9.17, 15) is 4.79 Å². The maximum atomic E-state index is 11.5. The number of hydrogen-bond donors (Lipinski definition) is 2. The number of pyridine rings is 1. The number of aliphatic hydroxyl groups excluding tert-OH is 1. The number of amides is 1. The molecule has 0 aliphatic carbocycles. The largest absolute Gasteiger partial charge is 0.396 e. The predicted molar refractivity (Wildman–Crippen MR) is 66.4 cm³/mol. The second-order valence-electron chi connectivity index (χ2n) is 4.31. The number of carbonyl (C=O) groups excluding carboxylic acids is 1. The zero-order valence-electron chi connectivity index (χ0n) is 10.2. The van der Waals surface area contributed by atoms with Gasteiger partial charge >= 0.3 is 0 Å². The SMILES string of the molecule is CC(CO)CCCNC(=O)Cc1ccncc1. The second-order valence-corrected chi connectivity index (χ2v) is 4.31. The first-order chi connectivity index (χ1) is 8.22. The minimum atomic E-state index is 0.0350. The van der Waals surface area contributed by atoms with Gasteiger partial charge < -0.3 is 10.4 Å². The molecular formula is C13H20N2O2. The Bertz CT molecular complexity index is 327. The quantitative estimate of drug-likeness (QED) is 0.698. The van der Waals surface area contributed by atoms with E-state index in [4.69, 9.17) is 5.11 Å². The third-order valence-corrected chi connectivity index (χ3v) is 2.62. The van der Waals surface area contributed by atoms with Crippen molar-refractivity contribution >= 4 is 5.91 Å². The van der Waals surface area contributed by atoms with E-state index in [-0.39, 0.29) is 12.5 Å². The number of carbonyl (C=O) groups is 1. The number of aliphatic hydroxyl groups is 1. The molecule has 0 fully saturated rings. The summed E-state index contributed by atoms with van der Waals surface area (Å²) in [4.78, 5) is 15.4. The zero-order chi connectivity index (χ0) is 12.5. The van der Waals surface area contributed by atoms with Gasteiger partial charge in [0.15, 0.2) is 0 Å². The van der Waals surface area contributed by atoms with Gasteiger partial charge in [-0.2, -0.15) is 0 Å². The number of hydrogen-bond acceptors (Lipinski definition) is 3. The van der Waals surface area contributed by atoms with Crippen molar-refractivity contribution in [1.29, 1.82) is 0 Å². The molecule has 0 spiro atoms.